The van der Waals surface area contributed by atoms with Crippen LogP contribution in [0.15, 0.2) is 10.9 Å². The Labute approximate surface area is 109 Å². The van der Waals surface area contributed by atoms with Crippen LogP contribution in [-0.2, 0) is 6.42 Å². The lowest BCUT2D eigenvalue weighted by molar-refractivity contribution is 0.229. The van der Waals surface area contributed by atoms with Gasteiger partial charge >= 0.3 is 0 Å². The van der Waals surface area contributed by atoms with Crippen LogP contribution in [0.25, 0.3) is 0 Å². The molecule has 0 spiro atoms. The zero-order valence-electron chi connectivity index (χ0n) is 11.4. The van der Waals surface area contributed by atoms with Crippen molar-refractivity contribution < 1.29 is 4.52 Å². The molecule has 1 atom stereocenters. The van der Waals surface area contributed by atoms with Crippen LogP contribution in [0.1, 0.15) is 38.9 Å². The Morgan fingerprint density at radius 3 is 3.06 bits per heavy atom. The van der Waals surface area contributed by atoms with Gasteiger partial charge in [-0.05, 0) is 46.2 Å². The van der Waals surface area contributed by atoms with Crippen LogP contribution in [0.5, 0.6) is 0 Å². The molecule has 1 aromatic heterocycles. The average molecular weight is 252 g/mol. The molecule has 1 fully saturated rings. The third kappa shape index (κ3) is 4.07. The van der Waals surface area contributed by atoms with E-state index >= 15 is 0 Å². The van der Waals surface area contributed by atoms with Crippen LogP contribution in [0.3, 0.4) is 0 Å². The van der Waals surface area contributed by atoms with Crippen molar-refractivity contribution in [2.75, 3.05) is 19.6 Å². The topological polar surface area (TPSA) is 54.2 Å². The zero-order valence-corrected chi connectivity index (χ0v) is 11.4. The molecule has 102 valence electrons. The maximum absolute atomic E-state index is 4.72. The Hall–Kier alpha value is -0.940. The van der Waals surface area contributed by atoms with Crippen molar-refractivity contribution >= 4 is 0 Å². The summed E-state index contributed by atoms with van der Waals surface area (Å²) in [6.07, 6.45) is 6.04. The van der Waals surface area contributed by atoms with Crippen LogP contribution < -0.4 is 5.32 Å². The lowest BCUT2D eigenvalue weighted by Crippen LogP contribution is -2.34. The number of aromatic nitrogens is 2. The molecule has 5 heteroatoms. The first-order chi connectivity index (χ1) is 8.75. The fourth-order valence-corrected chi connectivity index (χ4v) is 2.53. The highest BCUT2D eigenvalue weighted by atomic mass is 16.5. The summed E-state index contributed by atoms with van der Waals surface area (Å²) in [5.74, 6) is 0.792. The van der Waals surface area contributed by atoms with Gasteiger partial charge in [-0.1, -0.05) is 5.16 Å². The van der Waals surface area contributed by atoms with E-state index < -0.39 is 0 Å². The van der Waals surface area contributed by atoms with Crippen molar-refractivity contribution in [3.8, 4) is 0 Å². The van der Waals surface area contributed by atoms with Gasteiger partial charge < -0.3 is 14.7 Å². The minimum Gasteiger partial charge on any atom is -0.343 e. The van der Waals surface area contributed by atoms with Crippen molar-refractivity contribution in [3.05, 3.63) is 12.2 Å². The maximum atomic E-state index is 4.72. The fourth-order valence-electron chi connectivity index (χ4n) is 2.53. The van der Waals surface area contributed by atoms with Gasteiger partial charge in [0.1, 0.15) is 0 Å². The molecule has 18 heavy (non-hydrogen) atoms. The van der Waals surface area contributed by atoms with Gasteiger partial charge in [0.15, 0.2) is 5.82 Å². The quantitative estimate of drug-likeness (QED) is 0.860. The highest BCUT2D eigenvalue weighted by Crippen LogP contribution is 2.13. The molecule has 5 nitrogen and oxygen atoms in total. The molecule has 1 aliphatic rings. The van der Waals surface area contributed by atoms with Crippen molar-refractivity contribution in [1.82, 2.24) is 20.4 Å². The Kier molecular flexibility index (Phi) is 5.13. The Morgan fingerprint density at radius 2 is 2.33 bits per heavy atom. The van der Waals surface area contributed by atoms with Crippen LogP contribution in [0.2, 0.25) is 0 Å². The third-order valence-electron chi connectivity index (χ3n) is 3.68. The van der Waals surface area contributed by atoms with Gasteiger partial charge in [-0.3, -0.25) is 0 Å². The summed E-state index contributed by atoms with van der Waals surface area (Å²) in [4.78, 5) is 6.60. The van der Waals surface area contributed by atoms with E-state index in [-0.39, 0.29) is 0 Å². The van der Waals surface area contributed by atoms with Crippen LogP contribution in [0.4, 0.5) is 0 Å². The monoisotopic (exact) mass is 252 g/mol. The van der Waals surface area contributed by atoms with Crippen molar-refractivity contribution in [3.63, 3.8) is 0 Å². The largest absolute Gasteiger partial charge is 0.343 e. The van der Waals surface area contributed by atoms with E-state index in [2.05, 4.69) is 34.2 Å². The number of hydrogen-bond donors (Lipinski definition) is 1. The minimum absolute atomic E-state index is 0.639. The molecule has 2 heterocycles. The predicted molar refractivity (Wildman–Crippen MR) is 70.4 cm³/mol. The molecule has 1 N–H and O–H groups in total. The van der Waals surface area contributed by atoms with E-state index in [1.165, 1.54) is 38.7 Å². The molecule has 0 aromatic carbocycles. The van der Waals surface area contributed by atoms with E-state index in [1.54, 1.807) is 0 Å². The molecule has 0 saturated carbocycles. The summed E-state index contributed by atoms with van der Waals surface area (Å²) in [7, 11) is 0. The van der Waals surface area contributed by atoms with Gasteiger partial charge in [0.2, 0.25) is 6.39 Å². The fraction of sp³-hybridized carbons (Fsp3) is 0.846. The lowest BCUT2D eigenvalue weighted by Gasteiger charge is -2.24. The maximum Gasteiger partial charge on any atom is 0.213 e. The van der Waals surface area contributed by atoms with Crippen LogP contribution in [-0.4, -0.2) is 46.8 Å². The second-order valence-electron chi connectivity index (χ2n) is 5.31. The van der Waals surface area contributed by atoms with Gasteiger partial charge in [0.25, 0.3) is 0 Å². The predicted octanol–water partition coefficient (Wildman–Crippen LogP) is 1.46. The molecule has 1 aromatic rings. The van der Waals surface area contributed by atoms with E-state index in [0.717, 1.165) is 18.8 Å². The number of nitrogens with one attached hydrogen (secondary N) is 1. The van der Waals surface area contributed by atoms with Gasteiger partial charge in [-0.25, -0.2) is 0 Å². The smallest absolute Gasteiger partial charge is 0.213 e. The minimum atomic E-state index is 0.639. The Balaban J connectivity index is 1.67. The highest BCUT2D eigenvalue weighted by Gasteiger charge is 2.18. The SMILES string of the molecule is CC(C)N1CCCC(NCCc2ncon2)CC1. The summed E-state index contributed by atoms with van der Waals surface area (Å²) in [5.41, 5.74) is 0. The number of hydrogen-bond acceptors (Lipinski definition) is 5. The molecule has 2 rings (SSSR count). The first-order valence-electron chi connectivity index (χ1n) is 6.98. The van der Waals surface area contributed by atoms with Crippen LogP contribution >= 0.6 is 0 Å². The van der Waals surface area contributed by atoms with Gasteiger partial charge in [0, 0.05) is 25.0 Å². The van der Waals surface area contributed by atoms with Crippen molar-refractivity contribution in [2.24, 2.45) is 0 Å². The first-order valence-corrected chi connectivity index (χ1v) is 6.98. The van der Waals surface area contributed by atoms with Crippen molar-refractivity contribution in [2.45, 2.75) is 51.6 Å². The van der Waals surface area contributed by atoms with Gasteiger partial charge in [-0.15, -0.1) is 0 Å². The molecule has 1 saturated heterocycles. The number of likely N-dealkylation sites (tertiary alicyclic amines) is 1. The van der Waals surface area contributed by atoms with E-state index in [4.69, 9.17) is 4.52 Å². The number of nitrogens with zero attached hydrogens (tertiary/aromatic N) is 3. The molecule has 0 radical (unpaired) electrons. The average Bonchev–Trinajstić information content (AvgIpc) is 2.73. The molecular weight excluding hydrogens is 228 g/mol. The van der Waals surface area contributed by atoms with E-state index in [0.29, 0.717) is 12.1 Å². The molecular formula is C13H24N4O. The third-order valence-corrected chi connectivity index (χ3v) is 3.68. The van der Waals surface area contributed by atoms with E-state index in [1.807, 2.05) is 0 Å². The molecule has 1 unspecified atom stereocenters. The van der Waals surface area contributed by atoms with Gasteiger partial charge in [-0.2, -0.15) is 4.98 Å². The van der Waals surface area contributed by atoms with Gasteiger partial charge in [0.05, 0.1) is 0 Å². The normalized spacial score (nSPS) is 22.3. The molecule has 0 aliphatic carbocycles. The zero-order chi connectivity index (χ0) is 12.8. The second kappa shape index (κ2) is 6.85. The van der Waals surface area contributed by atoms with E-state index in [9.17, 15) is 0 Å². The second-order valence-corrected chi connectivity index (χ2v) is 5.31. The molecule has 0 bridgehead atoms. The summed E-state index contributed by atoms with van der Waals surface area (Å²) in [5, 5.41) is 7.43. The van der Waals surface area contributed by atoms with Crippen LogP contribution in [0, 0.1) is 0 Å². The van der Waals surface area contributed by atoms with Crippen molar-refractivity contribution in [1.29, 1.82) is 0 Å². The summed E-state index contributed by atoms with van der Waals surface area (Å²) >= 11 is 0. The summed E-state index contributed by atoms with van der Waals surface area (Å²) < 4.78 is 4.72. The lowest BCUT2D eigenvalue weighted by atomic mass is 10.1. The molecule has 1 aliphatic heterocycles. The Morgan fingerprint density at radius 1 is 1.44 bits per heavy atom. The molecule has 0 amide bonds. The summed E-state index contributed by atoms with van der Waals surface area (Å²) in [6, 6.07) is 1.31. The Bertz CT molecular complexity index is 326. The first kappa shape index (κ1) is 13.5. The number of rotatable bonds is 5. The standard InChI is InChI=1S/C13H24N4O/c1-11(2)17-8-3-4-12(6-9-17)14-7-5-13-15-10-18-16-13/h10-12,14H,3-9H2,1-2H3. The summed E-state index contributed by atoms with van der Waals surface area (Å²) in [6.45, 7) is 7.94. The highest BCUT2D eigenvalue weighted by molar-refractivity contribution is 4.81.